The van der Waals surface area contributed by atoms with Crippen molar-refractivity contribution in [1.82, 2.24) is 9.55 Å². The van der Waals surface area contributed by atoms with Gasteiger partial charge in [-0.2, -0.15) is 4.39 Å². The van der Waals surface area contributed by atoms with E-state index < -0.39 is 0 Å². The lowest BCUT2D eigenvalue weighted by Gasteiger charge is -2.32. The second-order valence-corrected chi connectivity index (χ2v) is 7.34. The van der Waals surface area contributed by atoms with Crippen LogP contribution in [0.4, 0.5) is 4.39 Å². The molecular weight excluding hydrogens is 378 g/mol. The molecule has 21 heavy (non-hydrogen) atoms. The number of unbranched alkanes of at least 4 members (excludes halogenated alkanes) is 6. The Kier molecular flexibility index (Phi) is 8.83. The molecule has 0 aliphatic carbocycles. The summed E-state index contributed by atoms with van der Waals surface area (Å²) in [4.78, 5) is 4.14. The Hall–Kier alpha value is -0.130. The average molecular weight is 408 g/mol. The highest BCUT2D eigenvalue weighted by Gasteiger charge is 2.28. The SMILES string of the molecule is CCCCCCCC(C)(CCCCC)n1cnc(I)c1F. The van der Waals surface area contributed by atoms with E-state index >= 15 is 0 Å². The van der Waals surface area contributed by atoms with Crippen molar-refractivity contribution >= 4 is 22.6 Å². The lowest BCUT2D eigenvalue weighted by Crippen LogP contribution is -2.31. The van der Waals surface area contributed by atoms with E-state index in [0.717, 1.165) is 19.3 Å². The van der Waals surface area contributed by atoms with Gasteiger partial charge in [-0.15, -0.1) is 0 Å². The monoisotopic (exact) mass is 408 g/mol. The summed E-state index contributed by atoms with van der Waals surface area (Å²) < 4.78 is 16.6. The Labute approximate surface area is 143 Å². The first kappa shape index (κ1) is 18.9. The molecule has 0 aliphatic heterocycles. The molecule has 1 heterocycles. The maximum absolute atomic E-state index is 14.3. The number of hydrogen-bond acceptors (Lipinski definition) is 1. The molecule has 0 fully saturated rings. The minimum atomic E-state index is -0.164. The highest BCUT2D eigenvalue weighted by Crippen LogP contribution is 2.32. The van der Waals surface area contributed by atoms with Gasteiger partial charge in [-0.3, -0.25) is 0 Å². The van der Waals surface area contributed by atoms with Crippen LogP contribution in [-0.4, -0.2) is 9.55 Å². The van der Waals surface area contributed by atoms with Gasteiger partial charge in [0.15, 0.2) is 3.70 Å². The van der Waals surface area contributed by atoms with Crippen LogP contribution in [0.15, 0.2) is 6.33 Å². The molecule has 1 aromatic heterocycles. The summed E-state index contributed by atoms with van der Waals surface area (Å²) in [5.74, 6) is -0.164. The fourth-order valence-electron chi connectivity index (χ4n) is 2.92. The van der Waals surface area contributed by atoms with Crippen molar-refractivity contribution < 1.29 is 4.39 Å². The molecule has 0 bridgehead atoms. The Morgan fingerprint density at radius 1 is 1.05 bits per heavy atom. The summed E-state index contributed by atoms with van der Waals surface area (Å²) in [7, 11) is 0. The summed E-state index contributed by atoms with van der Waals surface area (Å²) in [6, 6.07) is 0. The molecule has 122 valence electrons. The maximum Gasteiger partial charge on any atom is 0.227 e. The van der Waals surface area contributed by atoms with E-state index in [-0.39, 0.29) is 11.5 Å². The van der Waals surface area contributed by atoms with Gasteiger partial charge in [-0.05, 0) is 42.4 Å². The fraction of sp³-hybridized carbons (Fsp3) is 0.824. The molecule has 0 aromatic carbocycles. The molecule has 0 saturated heterocycles. The molecule has 0 spiro atoms. The molecule has 1 aromatic rings. The minimum Gasteiger partial charge on any atom is -0.301 e. The van der Waals surface area contributed by atoms with Crippen LogP contribution in [0.5, 0.6) is 0 Å². The molecule has 1 atom stereocenters. The summed E-state index contributed by atoms with van der Waals surface area (Å²) in [5, 5.41) is 0. The smallest absolute Gasteiger partial charge is 0.227 e. The van der Waals surface area contributed by atoms with Crippen LogP contribution in [-0.2, 0) is 5.54 Å². The highest BCUT2D eigenvalue weighted by atomic mass is 127. The largest absolute Gasteiger partial charge is 0.301 e. The molecular formula is C17H30FIN2. The van der Waals surface area contributed by atoms with Crippen molar-refractivity contribution in [1.29, 1.82) is 0 Å². The van der Waals surface area contributed by atoms with Gasteiger partial charge in [0.05, 0.1) is 6.33 Å². The fourth-order valence-corrected chi connectivity index (χ4v) is 3.30. The van der Waals surface area contributed by atoms with E-state index in [9.17, 15) is 4.39 Å². The van der Waals surface area contributed by atoms with E-state index in [1.165, 1.54) is 44.9 Å². The van der Waals surface area contributed by atoms with Crippen molar-refractivity contribution in [3.8, 4) is 0 Å². The molecule has 0 saturated carbocycles. The normalized spacial score (nSPS) is 14.3. The first-order chi connectivity index (χ1) is 10.0. The predicted octanol–water partition coefficient (Wildman–Crippen LogP) is 6.28. The molecule has 0 N–H and O–H groups in total. The molecule has 0 aliphatic rings. The molecule has 2 nitrogen and oxygen atoms in total. The van der Waals surface area contributed by atoms with Crippen LogP contribution < -0.4 is 0 Å². The van der Waals surface area contributed by atoms with Crippen LogP contribution in [0, 0.1) is 9.65 Å². The highest BCUT2D eigenvalue weighted by molar-refractivity contribution is 14.1. The number of halogens is 2. The molecule has 1 unspecified atom stereocenters. The second kappa shape index (κ2) is 9.80. The van der Waals surface area contributed by atoms with Crippen LogP contribution >= 0.6 is 22.6 Å². The maximum atomic E-state index is 14.3. The van der Waals surface area contributed by atoms with Gasteiger partial charge in [-0.25, -0.2) is 4.98 Å². The zero-order chi connectivity index (χ0) is 15.7. The van der Waals surface area contributed by atoms with Crippen molar-refractivity contribution in [2.24, 2.45) is 0 Å². The third-order valence-electron chi connectivity index (χ3n) is 4.39. The van der Waals surface area contributed by atoms with E-state index in [0.29, 0.717) is 3.70 Å². The summed E-state index contributed by atoms with van der Waals surface area (Å²) in [6.45, 7) is 6.64. The Bertz CT molecular complexity index is 405. The van der Waals surface area contributed by atoms with Gasteiger partial charge in [0.2, 0.25) is 5.95 Å². The molecule has 1 rings (SSSR count). The Morgan fingerprint density at radius 3 is 2.10 bits per heavy atom. The summed E-state index contributed by atoms with van der Waals surface area (Å²) in [6.07, 6.45) is 13.7. The zero-order valence-corrected chi connectivity index (χ0v) is 16.0. The second-order valence-electron chi connectivity index (χ2n) is 6.31. The number of hydrogen-bond donors (Lipinski definition) is 0. The lowest BCUT2D eigenvalue weighted by atomic mass is 9.88. The Morgan fingerprint density at radius 2 is 1.57 bits per heavy atom. The van der Waals surface area contributed by atoms with E-state index in [4.69, 9.17) is 0 Å². The standard InChI is InChI=1S/C17H30FIN2/c1-4-6-8-9-11-13-17(3,12-10-7-5-2)21-14-20-16(19)15(21)18/h14H,4-13H2,1-3H3. The van der Waals surface area contributed by atoms with Gasteiger partial charge < -0.3 is 4.57 Å². The number of imidazole rings is 1. The Balaban J connectivity index is 2.67. The van der Waals surface area contributed by atoms with Gasteiger partial charge in [-0.1, -0.05) is 65.2 Å². The van der Waals surface area contributed by atoms with E-state index in [2.05, 4.69) is 25.8 Å². The van der Waals surface area contributed by atoms with Crippen LogP contribution in [0.1, 0.15) is 85.0 Å². The zero-order valence-electron chi connectivity index (χ0n) is 13.8. The summed E-state index contributed by atoms with van der Waals surface area (Å²) in [5.41, 5.74) is -0.123. The van der Waals surface area contributed by atoms with Crippen LogP contribution in [0.3, 0.4) is 0 Å². The first-order valence-electron chi connectivity index (χ1n) is 8.44. The quantitative estimate of drug-likeness (QED) is 0.311. The predicted molar refractivity (Wildman–Crippen MR) is 96.1 cm³/mol. The average Bonchev–Trinajstić information content (AvgIpc) is 2.80. The number of rotatable bonds is 11. The van der Waals surface area contributed by atoms with Crippen molar-refractivity contribution in [3.05, 3.63) is 16.0 Å². The van der Waals surface area contributed by atoms with Gasteiger partial charge in [0.25, 0.3) is 0 Å². The van der Waals surface area contributed by atoms with E-state index in [1.54, 1.807) is 10.9 Å². The van der Waals surface area contributed by atoms with E-state index in [1.807, 2.05) is 22.6 Å². The third kappa shape index (κ3) is 5.87. The summed E-state index contributed by atoms with van der Waals surface area (Å²) >= 11 is 1.98. The number of nitrogens with zero attached hydrogens (tertiary/aromatic N) is 2. The van der Waals surface area contributed by atoms with Crippen LogP contribution in [0.25, 0.3) is 0 Å². The van der Waals surface area contributed by atoms with Crippen molar-refractivity contribution in [2.75, 3.05) is 0 Å². The molecule has 0 radical (unpaired) electrons. The first-order valence-corrected chi connectivity index (χ1v) is 9.52. The van der Waals surface area contributed by atoms with Gasteiger partial charge in [0.1, 0.15) is 0 Å². The molecule has 0 amide bonds. The third-order valence-corrected chi connectivity index (χ3v) is 5.11. The van der Waals surface area contributed by atoms with Crippen LogP contribution in [0.2, 0.25) is 0 Å². The van der Waals surface area contributed by atoms with Crippen molar-refractivity contribution in [2.45, 2.75) is 90.5 Å². The minimum absolute atomic E-state index is 0.123. The van der Waals surface area contributed by atoms with Gasteiger partial charge in [0, 0.05) is 5.54 Å². The molecule has 4 heteroatoms. The topological polar surface area (TPSA) is 17.8 Å². The van der Waals surface area contributed by atoms with Crippen molar-refractivity contribution in [3.63, 3.8) is 0 Å². The lowest BCUT2D eigenvalue weighted by molar-refractivity contribution is 0.223. The van der Waals surface area contributed by atoms with Gasteiger partial charge >= 0.3 is 0 Å². The number of aromatic nitrogens is 2.